The summed E-state index contributed by atoms with van der Waals surface area (Å²) in [5, 5.41) is 13.4. The van der Waals surface area contributed by atoms with Crippen molar-refractivity contribution in [2.75, 3.05) is 24.6 Å². The van der Waals surface area contributed by atoms with Crippen molar-refractivity contribution in [2.24, 2.45) is 0 Å². The van der Waals surface area contributed by atoms with Gasteiger partial charge in [0.2, 0.25) is 5.91 Å². The summed E-state index contributed by atoms with van der Waals surface area (Å²) in [6, 6.07) is 0.182. The number of unbranched alkanes of at least 4 members (excludes halogenated alkanes) is 1. The lowest BCUT2D eigenvalue weighted by molar-refractivity contribution is -0.132. The molecule has 1 saturated heterocycles. The number of thioether (sulfide) groups is 1. The molecule has 0 atom stereocenters. The van der Waals surface area contributed by atoms with Gasteiger partial charge in [-0.1, -0.05) is 13.3 Å². The fourth-order valence-corrected chi connectivity index (χ4v) is 4.04. The lowest BCUT2D eigenvalue weighted by Crippen LogP contribution is -2.39. The number of carbonyl (C=O) groups is 2. The maximum atomic E-state index is 12.2. The number of piperidine rings is 1. The van der Waals surface area contributed by atoms with Gasteiger partial charge in [-0.3, -0.25) is 9.48 Å². The van der Waals surface area contributed by atoms with Crippen LogP contribution < -0.4 is 0 Å². The SMILES string of the molecule is CCCCSCCC(=O)N1CCC(n2ncc(C(=O)O)c2C)CC1. The molecule has 7 heteroatoms. The first-order chi connectivity index (χ1) is 11.5. The Balaban J connectivity index is 1.79. The van der Waals surface area contributed by atoms with Crippen molar-refractivity contribution in [3.63, 3.8) is 0 Å². The number of nitrogens with zero attached hydrogens (tertiary/aromatic N) is 3. The number of carboxylic acid groups (broad SMARTS) is 1. The highest BCUT2D eigenvalue weighted by Gasteiger charge is 2.26. The van der Waals surface area contributed by atoms with Gasteiger partial charge in [-0.15, -0.1) is 0 Å². The summed E-state index contributed by atoms with van der Waals surface area (Å²) < 4.78 is 1.81. The molecule has 6 nitrogen and oxygen atoms in total. The Bertz CT molecular complexity index is 565. The quantitative estimate of drug-likeness (QED) is 0.727. The van der Waals surface area contributed by atoms with Crippen molar-refractivity contribution >= 4 is 23.6 Å². The van der Waals surface area contributed by atoms with Crippen molar-refractivity contribution in [1.29, 1.82) is 0 Å². The first-order valence-electron chi connectivity index (χ1n) is 8.67. The summed E-state index contributed by atoms with van der Waals surface area (Å²) in [4.78, 5) is 25.3. The molecule has 2 heterocycles. The van der Waals surface area contributed by atoms with Crippen LogP contribution in [0.25, 0.3) is 0 Å². The summed E-state index contributed by atoms with van der Waals surface area (Å²) in [6.07, 6.45) is 6.11. The van der Waals surface area contributed by atoms with E-state index in [1.165, 1.54) is 19.0 Å². The summed E-state index contributed by atoms with van der Waals surface area (Å²) in [7, 11) is 0. The van der Waals surface area contributed by atoms with E-state index in [0.29, 0.717) is 12.1 Å². The van der Waals surface area contributed by atoms with E-state index in [9.17, 15) is 9.59 Å². The highest BCUT2D eigenvalue weighted by atomic mass is 32.2. The van der Waals surface area contributed by atoms with Gasteiger partial charge in [-0.05, 0) is 31.9 Å². The van der Waals surface area contributed by atoms with E-state index in [-0.39, 0.29) is 17.5 Å². The van der Waals surface area contributed by atoms with Gasteiger partial charge in [0, 0.05) is 25.3 Å². The van der Waals surface area contributed by atoms with Crippen LogP contribution in [0.15, 0.2) is 6.20 Å². The van der Waals surface area contributed by atoms with E-state index >= 15 is 0 Å². The molecular formula is C17H27N3O3S. The maximum absolute atomic E-state index is 12.2. The Labute approximate surface area is 147 Å². The topological polar surface area (TPSA) is 75.4 Å². The summed E-state index contributed by atoms with van der Waals surface area (Å²) in [6.45, 7) is 5.42. The number of aromatic nitrogens is 2. The Morgan fingerprint density at radius 3 is 2.62 bits per heavy atom. The van der Waals surface area contributed by atoms with Crippen LogP contribution >= 0.6 is 11.8 Å². The van der Waals surface area contributed by atoms with E-state index < -0.39 is 5.97 Å². The second-order valence-corrected chi connectivity index (χ2v) is 7.45. The monoisotopic (exact) mass is 353 g/mol. The predicted octanol–water partition coefficient (Wildman–Crippen LogP) is 2.98. The van der Waals surface area contributed by atoms with Crippen molar-refractivity contribution in [3.8, 4) is 0 Å². The lowest BCUT2D eigenvalue weighted by atomic mass is 10.0. The zero-order valence-corrected chi connectivity index (χ0v) is 15.3. The van der Waals surface area contributed by atoms with Crippen LogP contribution in [0.4, 0.5) is 0 Å². The van der Waals surface area contributed by atoms with Crippen LogP contribution in [0.1, 0.15) is 61.1 Å². The predicted molar refractivity (Wildman–Crippen MR) is 95.6 cm³/mol. The number of carboxylic acids is 1. The third-order valence-electron chi connectivity index (χ3n) is 4.54. The van der Waals surface area contributed by atoms with Crippen LogP contribution in [0, 0.1) is 6.92 Å². The van der Waals surface area contributed by atoms with Gasteiger partial charge in [0.1, 0.15) is 5.56 Å². The highest BCUT2D eigenvalue weighted by Crippen LogP contribution is 2.25. The van der Waals surface area contributed by atoms with Gasteiger partial charge >= 0.3 is 5.97 Å². The molecule has 0 aliphatic carbocycles. The number of carbonyl (C=O) groups excluding carboxylic acids is 1. The second kappa shape index (κ2) is 9.11. The molecule has 0 radical (unpaired) electrons. The van der Waals surface area contributed by atoms with E-state index in [0.717, 1.165) is 37.4 Å². The van der Waals surface area contributed by atoms with Gasteiger partial charge in [0.25, 0.3) is 0 Å². The molecule has 1 fully saturated rings. The minimum Gasteiger partial charge on any atom is -0.478 e. The van der Waals surface area contributed by atoms with Crippen molar-refractivity contribution < 1.29 is 14.7 Å². The first-order valence-corrected chi connectivity index (χ1v) is 9.83. The number of aromatic carboxylic acids is 1. The van der Waals surface area contributed by atoms with Gasteiger partial charge < -0.3 is 10.0 Å². The zero-order chi connectivity index (χ0) is 17.5. The third-order valence-corrected chi connectivity index (χ3v) is 5.61. The average Bonchev–Trinajstić information content (AvgIpc) is 2.96. The summed E-state index contributed by atoms with van der Waals surface area (Å²) >= 11 is 1.86. The van der Waals surface area contributed by atoms with Gasteiger partial charge in [-0.25, -0.2) is 4.79 Å². The minimum atomic E-state index is -0.938. The highest BCUT2D eigenvalue weighted by molar-refractivity contribution is 7.99. The molecule has 1 aromatic rings. The third kappa shape index (κ3) is 4.75. The average molecular weight is 353 g/mol. The number of hydrogen-bond donors (Lipinski definition) is 1. The van der Waals surface area contributed by atoms with Crippen LogP contribution in [-0.4, -0.2) is 56.3 Å². The van der Waals surface area contributed by atoms with E-state index in [4.69, 9.17) is 5.11 Å². The fraction of sp³-hybridized carbons (Fsp3) is 0.706. The van der Waals surface area contributed by atoms with Crippen LogP contribution in [0.5, 0.6) is 0 Å². The Hall–Kier alpha value is -1.50. The maximum Gasteiger partial charge on any atom is 0.339 e. The van der Waals surface area contributed by atoms with Crippen molar-refractivity contribution in [1.82, 2.24) is 14.7 Å². The molecule has 2 rings (SSSR count). The van der Waals surface area contributed by atoms with Crippen molar-refractivity contribution in [2.45, 2.75) is 52.0 Å². The molecule has 1 aliphatic rings. The van der Waals surface area contributed by atoms with Crippen LogP contribution in [0.2, 0.25) is 0 Å². The molecule has 1 N–H and O–H groups in total. The molecule has 134 valence electrons. The Kier molecular flexibility index (Phi) is 7.15. The van der Waals surface area contributed by atoms with E-state index in [1.54, 1.807) is 6.92 Å². The second-order valence-electron chi connectivity index (χ2n) is 6.22. The van der Waals surface area contributed by atoms with Crippen molar-refractivity contribution in [3.05, 3.63) is 17.5 Å². The first kappa shape index (κ1) is 18.8. The zero-order valence-electron chi connectivity index (χ0n) is 14.5. The van der Waals surface area contributed by atoms with Crippen LogP contribution in [0.3, 0.4) is 0 Å². The van der Waals surface area contributed by atoms with E-state index in [1.807, 2.05) is 21.3 Å². The van der Waals surface area contributed by atoms with Gasteiger partial charge in [0.05, 0.1) is 17.9 Å². The number of amides is 1. The fourth-order valence-electron chi connectivity index (χ4n) is 3.03. The molecule has 1 amide bonds. The molecule has 1 aromatic heterocycles. The smallest absolute Gasteiger partial charge is 0.339 e. The molecule has 1 aliphatic heterocycles. The standard InChI is InChI=1S/C17H27N3O3S/c1-3-4-10-24-11-7-16(21)19-8-5-14(6-9-19)20-13(2)15(12-18-20)17(22)23/h12,14H,3-11H2,1-2H3,(H,22,23). The molecule has 0 aromatic carbocycles. The lowest BCUT2D eigenvalue weighted by Gasteiger charge is -2.32. The largest absolute Gasteiger partial charge is 0.478 e. The molecule has 0 spiro atoms. The van der Waals surface area contributed by atoms with Crippen LogP contribution in [-0.2, 0) is 4.79 Å². The molecule has 24 heavy (non-hydrogen) atoms. The molecule has 0 bridgehead atoms. The molecule has 0 saturated carbocycles. The van der Waals surface area contributed by atoms with Gasteiger partial charge in [0.15, 0.2) is 0 Å². The summed E-state index contributed by atoms with van der Waals surface area (Å²) in [5.41, 5.74) is 0.956. The van der Waals surface area contributed by atoms with Gasteiger partial charge in [-0.2, -0.15) is 16.9 Å². The normalized spacial score (nSPS) is 15.7. The molecular weight excluding hydrogens is 326 g/mol. The van der Waals surface area contributed by atoms with E-state index in [2.05, 4.69) is 12.0 Å². The number of likely N-dealkylation sites (tertiary alicyclic amines) is 1. The molecule has 0 unspecified atom stereocenters. The minimum absolute atomic E-state index is 0.182. The summed E-state index contributed by atoms with van der Waals surface area (Å²) in [5.74, 6) is 1.34. The number of hydrogen-bond acceptors (Lipinski definition) is 4. The number of rotatable bonds is 8. The Morgan fingerprint density at radius 1 is 1.33 bits per heavy atom. The Morgan fingerprint density at radius 2 is 2.04 bits per heavy atom.